The van der Waals surface area contributed by atoms with Crippen molar-refractivity contribution >= 4 is 5.91 Å². The molecule has 0 aromatic heterocycles. The van der Waals surface area contributed by atoms with Crippen molar-refractivity contribution in [2.75, 3.05) is 6.61 Å². The summed E-state index contributed by atoms with van der Waals surface area (Å²) < 4.78 is 0. The zero-order valence-electron chi connectivity index (χ0n) is 12.1. The van der Waals surface area contributed by atoms with E-state index in [2.05, 4.69) is 29.6 Å². The summed E-state index contributed by atoms with van der Waals surface area (Å²) in [5.41, 5.74) is 2.30. The molecule has 3 rings (SSSR count). The molecule has 2 unspecified atom stereocenters. The van der Waals surface area contributed by atoms with Gasteiger partial charge in [-0.1, -0.05) is 24.3 Å². The maximum absolute atomic E-state index is 12.3. The lowest BCUT2D eigenvalue weighted by atomic mass is 9.94. The smallest absolute Gasteiger partial charge is 0.221 e. The van der Waals surface area contributed by atoms with Crippen molar-refractivity contribution in [2.45, 2.75) is 50.5 Å². The third-order valence-electron chi connectivity index (χ3n) is 4.92. The van der Waals surface area contributed by atoms with E-state index >= 15 is 0 Å². The number of fused-ring (bicyclic) bond motifs is 1. The highest BCUT2D eigenvalue weighted by molar-refractivity contribution is 5.78. The van der Waals surface area contributed by atoms with Crippen molar-refractivity contribution in [2.24, 2.45) is 5.92 Å². The molecule has 0 spiro atoms. The average molecular weight is 273 g/mol. The molecule has 0 bridgehead atoms. The Labute approximate surface area is 120 Å². The number of hydrogen-bond donors (Lipinski definition) is 2. The van der Waals surface area contributed by atoms with E-state index in [0.29, 0.717) is 18.3 Å². The van der Waals surface area contributed by atoms with Gasteiger partial charge < -0.3 is 10.4 Å². The Balaban J connectivity index is 1.63. The standard InChI is InChI=1S/C17H23NO2/c1-17(11-19,14-8-9-14)18-16(20)10-13-7-6-12-4-2-3-5-15(12)13/h2-5,13-14,19H,6-11H2,1H3,(H,18,20). The lowest BCUT2D eigenvalue weighted by Gasteiger charge is -2.29. The number of nitrogens with one attached hydrogen (secondary N) is 1. The minimum Gasteiger partial charge on any atom is -0.394 e. The van der Waals surface area contributed by atoms with Gasteiger partial charge in [0.2, 0.25) is 5.91 Å². The van der Waals surface area contributed by atoms with Crippen molar-refractivity contribution in [1.82, 2.24) is 5.32 Å². The summed E-state index contributed by atoms with van der Waals surface area (Å²) in [4.78, 5) is 12.3. The van der Waals surface area contributed by atoms with Crippen molar-refractivity contribution in [3.8, 4) is 0 Å². The predicted octanol–water partition coefficient (Wildman–Crippen LogP) is 2.38. The topological polar surface area (TPSA) is 49.3 Å². The normalized spacial score (nSPS) is 24.0. The van der Waals surface area contributed by atoms with Crippen LogP contribution >= 0.6 is 0 Å². The molecule has 1 aromatic carbocycles. The number of aryl methyl sites for hydroxylation is 1. The molecule has 0 aliphatic heterocycles. The van der Waals surface area contributed by atoms with E-state index in [1.165, 1.54) is 11.1 Å². The van der Waals surface area contributed by atoms with Gasteiger partial charge in [-0.05, 0) is 55.6 Å². The Morgan fingerprint density at radius 3 is 2.80 bits per heavy atom. The van der Waals surface area contributed by atoms with Crippen LogP contribution in [0.3, 0.4) is 0 Å². The minimum atomic E-state index is -0.421. The van der Waals surface area contributed by atoms with Crippen LogP contribution in [0.25, 0.3) is 0 Å². The van der Waals surface area contributed by atoms with E-state index in [9.17, 15) is 9.90 Å². The van der Waals surface area contributed by atoms with E-state index < -0.39 is 5.54 Å². The van der Waals surface area contributed by atoms with Crippen LogP contribution in [0.4, 0.5) is 0 Å². The second kappa shape index (κ2) is 5.21. The number of amides is 1. The molecule has 3 heteroatoms. The molecular formula is C17H23NO2. The molecule has 1 fully saturated rings. The first kappa shape index (κ1) is 13.6. The van der Waals surface area contributed by atoms with Gasteiger partial charge in [0.25, 0.3) is 0 Å². The molecule has 1 amide bonds. The fourth-order valence-electron chi connectivity index (χ4n) is 3.44. The van der Waals surface area contributed by atoms with Gasteiger partial charge in [0.15, 0.2) is 0 Å². The summed E-state index contributed by atoms with van der Waals surface area (Å²) in [6.45, 7) is 2.00. The molecule has 108 valence electrons. The predicted molar refractivity (Wildman–Crippen MR) is 78.5 cm³/mol. The third kappa shape index (κ3) is 2.59. The summed E-state index contributed by atoms with van der Waals surface area (Å²) in [6, 6.07) is 8.43. The molecule has 20 heavy (non-hydrogen) atoms. The summed E-state index contributed by atoms with van der Waals surface area (Å²) in [6.07, 6.45) is 4.91. The van der Waals surface area contributed by atoms with Crippen LogP contribution in [-0.2, 0) is 11.2 Å². The first-order chi connectivity index (χ1) is 9.62. The maximum Gasteiger partial charge on any atom is 0.221 e. The van der Waals surface area contributed by atoms with Gasteiger partial charge >= 0.3 is 0 Å². The number of aliphatic hydroxyl groups is 1. The van der Waals surface area contributed by atoms with Crippen LogP contribution in [0.5, 0.6) is 0 Å². The SMILES string of the molecule is CC(CO)(NC(=O)CC1CCc2ccccc21)C1CC1. The Hall–Kier alpha value is -1.35. The number of benzene rings is 1. The second-order valence-electron chi connectivity index (χ2n) is 6.54. The molecule has 1 aromatic rings. The molecule has 2 atom stereocenters. The van der Waals surface area contributed by atoms with Gasteiger partial charge in [0.1, 0.15) is 0 Å². The largest absolute Gasteiger partial charge is 0.394 e. The Morgan fingerprint density at radius 2 is 2.10 bits per heavy atom. The Morgan fingerprint density at radius 1 is 1.35 bits per heavy atom. The molecule has 0 radical (unpaired) electrons. The summed E-state index contributed by atoms with van der Waals surface area (Å²) in [5, 5.41) is 12.6. The van der Waals surface area contributed by atoms with Gasteiger partial charge in [-0.2, -0.15) is 0 Å². The number of hydrogen-bond acceptors (Lipinski definition) is 2. The van der Waals surface area contributed by atoms with Gasteiger partial charge in [-0.25, -0.2) is 0 Å². The van der Waals surface area contributed by atoms with Crippen LogP contribution < -0.4 is 5.32 Å². The number of aliphatic hydroxyl groups excluding tert-OH is 1. The van der Waals surface area contributed by atoms with Gasteiger partial charge in [-0.15, -0.1) is 0 Å². The zero-order chi connectivity index (χ0) is 14.2. The van der Waals surface area contributed by atoms with Crippen molar-refractivity contribution < 1.29 is 9.90 Å². The molecule has 2 aliphatic carbocycles. The summed E-state index contributed by atoms with van der Waals surface area (Å²) in [5.74, 6) is 0.871. The lowest BCUT2D eigenvalue weighted by Crippen LogP contribution is -2.51. The highest BCUT2D eigenvalue weighted by atomic mass is 16.3. The second-order valence-corrected chi connectivity index (χ2v) is 6.54. The Bertz CT molecular complexity index is 509. The fourth-order valence-corrected chi connectivity index (χ4v) is 3.44. The molecule has 3 nitrogen and oxygen atoms in total. The highest BCUT2D eigenvalue weighted by Gasteiger charge is 2.42. The number of carbonyl (C=O) groups is 1. The molecule has 2 aliphatic rings. The first-order valence-corrected chi connectivity index (χ1v) is 7.62. The summed E-state index contributed by atoms with van der Waals surface area (Å²) >= 11 is 0. The molecule has 1 saturated carbocycles. The number of carbonyl (C=O) groups excluding carboxylic acids is 1. The molecule has 2 N–H and O–H groups in total. The van der Waals surface area contributed by atoms with Crippen molar-refractivity contribution in [3.63, 3.8) is 0 Å². The Kier molecular flexibility index (Phi) is 3.55. The van der Waals surface area contributed by atoms with Crippen molar-refractivity contribution in [1.29, 1.82) is 0 Å². The minimum absolute atomic E-state index is 0.0324. The maximum atomic E-state index is 12.3. The van der Waals surface area contributed by atoms with Gasteiger partial charge in [0.05, 0.1) is 12.1 Å². The molecule has 0 heterocycles. The molecular weight excluding hydrogens is 250 g/mol. The van der Waals surface area contributed by atoms with E-state index in [0.717, 1.165) is 25.7 Å². The van der Waals surface area contributed by atoms with E-state index in [4.69, 9.17) is 0 Å². The third-order valence-corrected chi connectivity index (χ3v) is 4.92. The quantitative estimate of drug-likeness (QED) is 0.865. The molecule has 0 saturated heterocycles. The highest BCUT2D eigenvalue weighted by Crippen LogP contribution is 2.40. The van der Waals surface area contributed by atoms with E-state index in [-0.39, 0.29) is 12.5 Å². The monoisotopic (exact) mass is 273 g/mol. The van der Waals surface area contributed by atoms with Crippen LogP contribution in [0, 0.1) is 5.92 Å². The summed E-state index contributed by atoms with van der Waals surface area (Å²) in [7, 11) is 0. The van der Waals surface area contributed by atoms with Crippen LogP contribution in [0.1, 0.15) is 49.7 Å². The van der Waals surface area contributed by atoms with Gasteiger partial charge in [-0.3, -0.25) is 4.79 Å². The zero-order valence-corrected chi connectivity index (χ0v) is 12.1. The lowest BCUT2D eigenvalue weighted by molar-refractivity contribution is -0.124. The van der Waals surface area contributed by atoms with Crippen LogP contribution in [0.2, 0.25) is 0 Å². The van der Waals surface area contributed by atoms with E-state index in [1.807, 2.05) is 6.92 Å². The van der Waals surface area contributed by atoms with Crippen molar-refractivity contribution in [3.05, 3.63) is 35.4 Å². The van der Waals surface area contributed by atoms with Crippen LogP contribution in [0.15, 0.2) is 24.3 Å². The number of rotatable bonds is 5. The van der Waals surface area contributed by atoms with Gasteiger partial charge in [0, 0.05) is 6.42 Å². The first-order valence-electron chi connectivity index (χ1n) is 7.62. The fraction of sp³-hybridized carbons (Fsp3) is 0.588. The van der Waals surface area contributed by atoms with E-state index in [1.54, 1.807) is 0 Å². The average Bonchev–Trinajstić information content (AvgIpc) is 3.23. The van der Waals surface area contributed by atoms with Crippen LogP contribution in [-0.4, -0.2) is 23.2 Å².